The third-order valence-electron chi connectivity index (χ3n) is 2.99. The summed E-state index contributed by atoms with van der Waals surface area (Å²) in [6.45, 7) is 4.88. The molecule has 1 aliphatic carbocycles. The summed E-state index contributed by atoms with van der Waals surface area (Å²) in [6.07, 6.45) is 6.59. The number of nitrogens with one attached hydrogen (secondary N) is 2. The number of guanidine groups is 1. The molecule has 4 nitrogen and oxygen atoms in total. The van der Waals surface area contributed by atoms with Crippen molar-refractivity contribution in [2.24, 2.45) is 4.99 Å². The van der Waals surface area contributed by atoms with E-state index in [0.717, 1.165) is 36.0 Å². The van der Waals surface area contributed by atoms with Gasteiger partial charge in [0.15, 0.2) is 5.96 Å². The van der Waals surface area contributed by atoms with Crippen LogP contribution in [0.3, 0.4) is 0 Å². The standard InChI is InChI=1S/C13H20N4S/c1-9-12(18-10(2)16-9)8-15-13(14-3)17-11-6-4-5-7-11/h4-5,11H,6-8H2,1-3H3,(H2,14,15,17). The quantitative estimate of drug-likeness (QED) is 0.499. The van der Waals surface area contributed by atoms with E-state index < -0.39 is 0 Å². The Morgan fingerprint density at radius 1 is 1.44 bits per heavy atom. The van der Waals surface area contributed by atoms with E-state index >= 15 is 0 Å². The van der Waals surface area contributed by atoms with Crippen LogP contribution >= 0.6 is 11.3 Å². The number of aliphatic imine (C=N–C) groups is 1. The largest absolute Gasteiger partial charge is 0.353 e. The molecule has 1 aliphatic rings. The maximum absolute atomic E-state index is 4.43. The summed E-state index contributed by atoms with van der Waals surface area (Å²) in [5.74, 6) is 0.870. The normalized spacial score (nSPS) is 16.3. The Bertz CT molecular complexity index is 454. The van der Waals surface area contributed by atoms with E-state index in [2.05, 4.69) is 39.7 Å². The Labute approximate surface area is 112 Å². The Morgan fingerprint density at radius 2 is 2.17 bits per heavy atom. The molecule has 0 aromatic carbocycles. The van der Waals surface area contributed by atoms with Gasteiger partial charge in [0, 0.05) is 18.0 Å². The molecule has 0 unspecified atom stereocenters. The summed E-state index contributed by atoms with van der Waals surface area (Å²) in [6, 6.07) is 0.487. The molecule has 1 aromatic rings. The van der Waals surface area contributed by atoms with Crippen molar-refractivity contribution < 1.29 is 0 Å². The number of nitrogens with zero attached hydrogens (tertiary/aromatic N) is 2. The maximum Gasteiger partial charge on any atom is 0.191 e. The van der Waals surface area contributed by atoms with E-state index in [-0.39, 0.29) is 0 Å². The van der Waals surface area contributed by atoms with Crippen molar-refractivity contribution >= 4 is 17.3 Å². The molecule has 1 aromatic heterocycles. The first kappa shape index (κ1) is 13.1. The van der Waals surface area contributed by atoms with Crippen molar-refractivity contribution in [1.82, 2.24) is 15.6 Å². The summed E-state index contributed by atoms with van der Waals surface area (Å²) in [7, 11) is 1.81. The predicted octanol–water partition coefficient (Wildman–Crippen LogP) is 2.14. The van der Waals surface area contributed by atoms with Crippen LogP contribution in [0.2, 0.25) is 0 Å². The number of rotatable bonds is 3. The van der Waals surface area contributed by atoms with Gasteiger partial charge in [-0.2, -0.15) is 0 Å². The Balaban J connectivity index is 1.85. The van der Waals surface area contributed by atoms with Crippen molar-refractivity contribution in [2.45, 2.75) is 39.3 Å². The molecule has 0 spiro atoms. The highest BCUT2D eigenvalue weighted by molar-refractivity contribution is 7.11. The van der Waals surface area contributed by atoms with Crippen LogP contribution < -0.4 is 10.6 Å². The summed E-state index contributed by atoms with van der Waals surface area (Å²) >= 11 is 1.74. The Morgan fingerprint density at radius 3 is 2.72 bits per heavy atom. The Kier molecular flexibility index (Phi) is 4.36. The first-order valence-corrected chi connectivity index (χ1v) is 7.05. The van der Waals surface area contributed by atoms with Crippen LogP contribution in [-0.4, -0.2) is 24.0 Å². The van der Waals surface area contributed by atoms with Crippen molar-refractivity contribution in [3.63, 3.8) is 0 Å². The minimum Gasteiger partial charge on any atom is -0.353 e. The topological polar surface area (TPSA) is 49.3 Å². The zero-order valence-electron chi connectivity index (χ0n) is 11.2. The molecule has 0 aliphatic heterocycles. The van der Waals surface area contributed by atoms with Gasteiger partial charge in [0.25, 0.3) is 0 Å². The van der Waals surface area contributed by atoms with Crippen molar-refractivity contribution in [3.8, 4) is 0 Å². The molecule has 0 saturated heterocycles. The molecular weight excluding hydrogens is 244 g/mol. The predicted molar refractivity (Wildman–Crippen MR) is 77.1 cm³/mol. The number of hydrogen-bond donors (Lipinski definition) is 2. The van der Waals surface area contributed by atoms with Crippen molar-refractivity contribution in [3.05, 3.63) is 27.7 Å². The maximum atomic E-state index is 4.43. The van der Waals surface area contributed by atoms with E-state index in [0.29, 0.717) is 6.04 Å². The fraction of sp³-hybridized carbons (Fsp3) is 0.538. The van der Waals surface area contributed by atoms with Crippen LogP contribution in [0.4, 0.5) is 0 Å². The fourth-order valence-electron chi connectivity index (χ4n) is 2.02. The molecule has 98 valence electrons. The van der Waals surface area contributed by atoms with Gasteiger partial charge in [-0.3, -0.25) is 4.99 Å². The van der Waals surface area contributed by atoms with Crippen LogP contribution in [0.15, 0.2) is 17.1 Å². The van der Waals surface area contributed by atoms with Gasteiger partial charge in [-0.1, -0.05) is 12.2 Å². The van der Waals surface area contributed by atoms with Gasteiger partial charge in [0.2, 0.25) is 0 Å². The number of aryl methyl sites for hydroxylation is 2. The van der Waals surface area contributed by atoms with Crippen LogP contribution in [0.1, 0.15) is 28.4 Å². The molecule has 2 N–H and O–H groups in total. The summed E-state index contributed by atoms with van der Waals surface area (Å²) < 4.78 is 0. The lowest BCUT2D eigenvalue weighted by molar-refractivity contribution is 0.633. The molecule has 0 radical (unpaired) electrons. The average Bonchev–Trinajstić information content (AvgIpc) is 2.94. The van der Waals surface area contributed by atoms with Gasteiger partial charge in [-0.15, -0.1) is 11.3 Å². The highest BCUT2D eigenvalue weighted by Crippen LogP contribution is 2.16. The van der Waals surface area contributed by atoms with Gasteiger partial charge >= 0.3 is 0 Å². The van der Waals surface area contributed by atoms with Crippen LogP contribution in [-0.2, 0) is 6.54 Å². The van der Waals surface area contributed by atoms with Gasteiger partial charge < -0.3 is 10.6 Å². The first-order chi connectivity index (χ1) is 8.69. The third-order valence-corrected chi connectivity index (χ3v) is 4.06. The second kappa shape index (κ2) is 6.00. The van der Waals surface area contributed by atoms with E-state index in [1.807, 2.05) is 14.0 Å². The second-order valence-electron chi connectivity index (χ2n) is 4.45. The molecule has 0 amide bonds. The van der Waals surface area contributed by atoms with E-state index in [1.165, 1.54) is 4.88 Å². The molecule has 0 saturated carbocycles. The smallest absolute Gasteiger partial charge is 0.191 e. The van der Waals surface area contributed by atoms with Gasteiger partial charge in [-0.25, -0.2) is 4.98 Å². The lowest BCUT2D eigenvalue weighted by atomic mass is 10.2. The summed E-state index contributed by atoms with van der Waals surface area (Å²) in [5.41, 5.74) is 1.11. The first-order valence-electron chi connectivity index (χ1n) is 6.24. The average molecular weight is 264 g/mol. The fourth-order valence-corrected chi connectivity index (χ4v) is 2.90. The molecule has 2 rings (SSSR count). The Hall–Kier alpha value is -1.36. The van der Waals surface area contributed by atoms with Crippen LogP contribution in [0, 0.1) is 13.8 Å². The highest BCUT2D eigenvalue weighted by Gasteiger charge is 2.12. The monoisotopic (exact) mass is 264 g/mol. The molecule has 0 bridgehead atoms. The number of aromatic nitrogens is 1. The molecule has 18 heavy (non-hydrogen) atoms. The SMILES string of the molecule is CN=C(NCc1sc(C)nc1C)NC1CC=CC1. The van der Waals surface area contributed by atoms with E-state index in [1.54, 1.807) is 11.3 Å². The second-order valence-corrected chi connectivity index (χ2v) is 5.74. The summed E-state index contributed by atoms with van der Waals surface area (Å²) in [4.78, 5) is 9.96. The van der Waals surface area contributed by atoms with Gasteiger partial charge in [-0.05, 0) is 26.7 Å². The van der Waals surface area contributed by atoms with Crippen LogP contribution in [0.25, 0.3) is 0 Å². The van der Waals surface area contributed by atoms with Crippen molar-refractivity contribution in [2.75, 3.05) is 7.05 Å². The van der Waals surface area contributed by atoms with Gasteiger partial charge in [0.05, 0.1) is 17.2 Å². The molecule has 5 heteroatoms. The molecule has 1 heterocycles. The van der Waals surface area contributed by atoms with E-state index in [4.69, 9.17) is 0 Å². The molecular formula is C13H20N4S. The lowest BCUT2D eigenvalue weighted by Crippen LogP contribution is -2.42. The number of hydrogen-bond acceptors (Lipinski definition) is 3. The zero-order chi connectivity index (χ0) is 13.0. The minimum absolute atomic E-state index is 0.487. The lowest BCUT2D eigenvalue weighted by Gasteiger charge is -2.16. The van der Waals surface area contributed by atoms with Crippen molar-refractivity contribution in [1.29, 1.82) is 0 Å². The summed E-state index contributed by atoms with van der Waals surface area (Å²) in [5, 5.41) is 7.89. The minimum atomic E-state index is 0.487. The number of thiazole rings is 1. The molecule has 0 fully saturated rings. The highest BCUT2D eigenvalue weighted by atomic mass is 32.1. The molecule has 0 atom stereocenters. The third kappa shape index (κ3) is 3.32. The zero-order valence-corrected chi connectivity index (χ0v) is 12.0. The van der Waals surface area contributed by atoms with Crippen LogP contribution in [0.5, 0.6) is 0 Å². The van der Waals surface area contributed by atoms with Gasteiger partial charge in [0.1, 0.15) is 0 Å². The van der Waals surface area contributed by atoms with E-state index in [9.17, 15) is 0 Å².